The van der Waals surface area contributed by atoms with Crippen LogP contribution in [0.25, 0.3) is 53.6 Å². The van der Waals surface area contributed by atoms with Crippen LogP contribution in [0.5, 0.6) is 0 Å². The van der Waals surface area contributed by atoms with Crippen LogP contribution in [0.4, 0.5) is 0 Å². The molecule has 24 nitrogen and oxygen atoms in total. The number of hydrogen-bond acceptors (Lipinski definition) is 24. The quantitative estimate of drug-likeness (QED) is 0.119. The molecule has 5 aromatic carbocycles. The molecule has 0 saturated heterocycles. The first kappa shape index (κ1) is 142. The smallest absolute Gasteiger partial charge is 0.198 e. The van der Waals surface area contributed by atoms with Gasteiger partial charge in [-0.2, -0.15) is 0 Å². The van der Waals surface area contributed by atoms with Crippen molar-refractivity contribution in [3.63, 3.8) is 0 Å². The molecule has 5 aliphatic carbocycles. The normalized spacial score (nSPS) is 13.2. The summed E-state index contributed by atoms with van der Waals surface area (Å²) in [5, 5.41) is 2.70. The number of benzene rings is 5. The van der Waals surface area contributed by atoms with Crippen molar-refractivity contribution in [2.75, 3.05) is 14.1 Å². The Bertz CT molecular complexity index is 3330. The zero-order valence-electron chi connectivity index (χ0n) is 65.5. The van der Waals surface area contributed by atoms with Crippen LogP contribution in [-0.2, 0) is 181 Å². The van der Waals surface area contributed by atoms with Gasteiger partial charge in [0.25, 0.3) is 0 Å². The number of H-pyrrole nitrogens is 1. The summed E-state index contributed by atoms with van der Waals surface area (Å²) in [4.78, 5) is 145. The fourth-order valence-corrected chi connectivity index (χ4v) is 14.7. The van der Waals surface area contributed by atoms with Crippen LogP contribution in [0.3, 0.4) is 0 Å². The van der Waals surface area contributed by atoms with E-state index in [0.717, 1.165) is 39.5 Å². The van der Waals surface area contributed by atoms with Gasteiger partial charge in [0.15, 0.2) is 11.5 Å². The van der Waals surface area contributed by atoms with E-state index in [1.807, 2.05) is 53.0 Å². The van der Waals surface area contributed by atoms with Gasteiger partial charge >= 0.3 is 0 Å². The summed E-state index contributed by atoms with van der Waals surface area (Å²) in [6, 6.07) is 42.3. The molecule has 0 amide bonds. The summed E-state index contributed by atoms with van der Waals surface area (Å²) in [7, 11) is 6.52. The Kier molecular flexibility index (Phi) is 120. The third-order valence-electron chi connectivity index (χ3n) is 16.5. The van der Waals surface area contributed by atoms with Gasteiger partial charge in [0.2, 0.25) is 0 Å². The fraction of sp³-hybridized carbons (Fsp3) is 0.337. The van der Waals surface area contributed by atoms with Crippen molar-refractivity contribution in [3.8, 4) is 0 Å². The second-order valence-electron chi connectivity index (χ2n) is 21.7. The van der Waals surface area contributed by atoms with Crippen LogP contribution < -0.4 is 0 Å². The van der Waals surface area contributed by atoms with Crippen molar-refractivity contribution in [2.24, 2.45) is 7.05 Å². The van der Waals surface area contributed by atoms with E-state index in [2.05, 4.69) is 238 Å². The molecule has 0 spiro atoms. The molecule has 5 aromatic heterocycles. The number of oxazole rings is 1. The molecule has 639 valence electrons. The third kappa shape index (κ3) is 47.6. The monoisotopic (exact) mass is 2470 g/mol. The van der Waals surface area contributed by atoms with Crippen molar-refractivity contribution >= 4 is 178 Å². The van der Waals surface area contributed by atoms with Gasteiger partial charge in [-0.05, 0) is 139 Å². The molecule has 0 aliphatic heterocycles. The number of thiazole rings is 2. The molecule has 5 radical (unpaired) electrons. The molecule has 5 fully saturated rings. The maximum Gasteiger partial charge on any atom is 0.198 e. The van der Waals surface area contributed by atoms with Crippen LogP contribution in [-0.4, -0.2) is 161 Å². The molecule has 1 N–H and O–H groups in total. The van der Waals surface area contributed by atoms with Crippen LogP contribution in [0.1, 0.15) is 179 Å². The van der Waals surface area contributed by atoms with E-state index in [4.69, 9.17) is 91.3 Å². The second-order valence-corrected chi connectivity index (χ2v) is 23.8. The van der Waals surface area contributed by atoms with Gasteiger partial charge in [-0.25, -0.2) is 24.9 Å². The molecule has 114 heavy (non-hydrogen) atoms. The number of nitrogens with zero attached hydrogens (tertiary/aromatic N) is 7. The number of aromatic amines is 1. The van der Waals surface area contributed by atoms with E-state index in [1.165, 1.54) is 170 Å². The van der Waals surface area contributed by atoms with E-state index in [9.17, 15) is 0 Å². The van der Waals surface area contributed by atoms with Crippen molar-refractivity contribution in [2.45, 2.75) is 158 Å². The predicted octanol–water partition coefficient (Wildman–Crippen LogP) is 15.5. The number of rotatable bonds is 6. The Morgan fingerprint density at radius 2 is 0.693 bits per heavy atom. The van der Waals surface area contributed by atoms with Crippen LogP contribution in [0, 0.1) is 37.1 Å². The molecule has 31 heteroatoms. The zero-order chi connectivity index (χ0) is 80.2. The molecule has 10 aromatic rings. The number of carbonyl (C=O) groups excluding carboxylic acids is 15. The molecular weight excluding hydrogens is 2360 g/mol. The fourth-order valence-electron chi connectivity index (χ4n) is 12.4. The summed E-state index contributed by atoms with van der Waals surface area (Å²) in [6.45, 7) is 48.8. The number of aromatic nitrogens is 7. The summed E-state index contributed by atoms with van der Waals surface area (Å²) in [6.07, 6.45) is 25.3. The van der Waals surface area contributed by atoms with Gasteiger partial charge in [0.05, 0.1) is 52.5 Å². The topological polar surface area (TPSA) is 358 Å². The van der Waals surface area contributed by atoms with Crippen molar-refractivity contribution in [1.82, 2.24) is 39.4 Å². The predicted molar refractivity (Wildman–Crippen MR) is 442 cm³/mol. The molecular formula is C83H104N8O16Re5S2-20. The minimum absolute atomic E-state index is 0. The largest absolute Gasteiger partial charge is 0.545 e. The summed E-state index contributed by atoms with van der Waals surface area (Å²) in [5.41, 5.74) is 8.95. The Labute approximate surface area is 754 Å². The first-order valence-corrected chi connectivity index (χ1v) is 33.2. The summed E-state index contributed by atoms with van der Waals surface area (Å²) < 4.78 is 10.7. The Hall–Kier alpha value is -7.39. The van der Waals surface area contributed by atoms with E-state index in [-0.39, 0.29) is 139 Å². The van der Waals surface area contributed by atoms with Gasteiger partial charge in [-0.3, -0.25) is 102 Å². The van der Waals surface area contributed by atoms with E-state index in [1.54, 1.807) is 0 Å². The SMILES string of the molecule is CN(C)C1CCCC1c1nc2ccccc2s1.Cn1c(C2CCCC2)nc2ccccc21.[CH-]=O.[CH-]=O.[CH-]=O.[CH-]=O.[CH-]=O.[CH-]=O.[CH-]=O.[CH-]=O.[CH-]=O.[CH-]=O.[CH-]=O.[CH-]=O.[CH-]=O.[CH-]=O.[CH-]=O.[CH3-].[CH3-].[CH3-].[CH3-].[CH3-].[Re].[Re].[Re].[Re].[Re].c1ccc2[nH]c(C3CCCC3)nc2c1.c1ccc2oc(C3CCCC3)nc2c1.c1ccc2sc(C3CCCC3)nc2c1. The average molecular weight is 2460 g/mol. The van der Waals surface area contributed by atoms with Crippen molar-refractivity contribution < 1.29 is 178 Å². The standard InChI is InChI=1S/C14H18N2S.C13H16N2.C12H14N2.C12H13NO.C12H13NS.15CHO.5CH3.5Re/c1-16(2)12-8-5-6-10(12)14-15-11-7-3-4-9-13(11)17-14;1-15-12-9-5-4-8-11(12)14-13(15)10-6-2-3-7-10;3*1-2-6-9(5-1)12-13-10-7-3-4-8-11(10)14-12;15*1-2;;;;;;;;;;/h3-4,7,9-10,12H,5-6,8H2,1-2H3;4-5,8-10H,2-3,6-7H2,1H3;3-4,7-9H,1-2,5-6H2,(H,13,14);2*3-4,7-9H,1-2,5-6H2;15*1H;5*1H3;;;;;/q;;;;;20*-1;;;;;. The van der Waals surface area contributed by atoms with Crippen molar-refractivity contribution in [3.05, 3.63) is 186 Å². The number of nitrogens with one attached hydrogen (secondary N) is 1. The van der Waals surface area contributed by atoms with E-state index in [0.29, 0.717) is 29.7 Å². The van der Waals surface area contributed by atoms with E-state index >= 15 is 0 Å². The number of imidazole rings is 2. The maximum absolute atomic E-state index is 7.75. The van der Waals surface area contributed by atoms with Crippen molar-refractivity contribution in [1.29, 1.82) is 0 Å². The van der Waals surface area contributed by atoms with Gasteiger partial charge in [0.1, 0.15) is 17.2 Å². The molecule has 2 unspecified atom stereocenters. The molecule has 5 heterocycles. The molecule has 5 saturated carbocycles. The minimum Gasteiger partial charge on any atom is -0.545 e. The minimum atomic E-state index is 0. The van der Waals surface area contributed by atoms with E-state index < -0.39 is 0 Å². The number of aryl methyl sites for hydroxylation is 1. The third-order valence-corrected chi connectivity index (χ3v) is 18.9. The maximum atomic E-state index is 7.75. The van der Waals surface area contributed by atoms with Gasteiger partial charge in [-0.1, -0.05) is 118 Å². The number of likely N-dealkylation sites (N-methyl/N-ethyl adjacent to an activating group) is 1. The number of fused-ring (bicyclic) bond motifs is 5. The van der Waals surface area contributed by atoms with Crippen LogP contribution in [0.15, 0.2) is 126 Å². The molecule has 15 rings (SSSR count). The second kappa shape index (κ2) is 96.2. The Balaban J connectivity index is -0.0000000747. The number of para-hydroxylation sites is 8. The first-order chi connectivity index (χ1) is 51.4. The van der Waals surface area contributed by atoms with Crippen LogP contribution >= 0.6 is 22.7 Å². The first-order valence-electron chi connectivity index (χ1n) is 31.5. The molecule has 0 bridgehead atoms. The number of hydrogen-bond donors (Lipinski definition) is 1. The van der Waals surface area contributed by atoms with Gasteiger partial charge in [0, 0.05) is 145 Å². The Morgan fingerprint density at radius 1 is 0.351 bits per heavy atom. The van der Waals surface area contributed by atoms with Crippen LogP contribution in [0.2, 0.25) is 0 Å². The Morgan fingerprint density at radius 3 is 1.10 bits per heavy atom. The molecule has 2 atom stereocenters. The van der Waals surface area contributed by atoms with Gasteiger partial charge in [-0.15, -0.1) is 22.7 Å². The zero-order valence-corrected chi connectivity index (χ0v) is 80.7. The summed E-state index contributed by atoms with van der Waals surface area (Å²) >= 11 is 3.76. The summed E-state index contributed by atoms with van der Waals surface area (Å²) in [5.74, 6) is 6.78. The van der Waals surface area contributed by atoms with Gasteiger partial charge < -0.3 is 128 Å². The average Bonchev–Trinajstić information content (AvgIpc) is 1.70. The molecule has 5 aliphatic rings.